The zero-order valence-corrected chi connectivity index (χ0v) is 17.9. The normalized spacial score (nSPS) is 11.5. The number of amides is 2. The van der Waals surface area contributed by atoms with Gasteiger partial charge in [-0.05, 0) is 18.4 Å². The van der Waals surface area contributed by atoms with Gasteiger partial charge in [-0.15, -0.1) is 0 Å². The van der Waals surface area contributed by atoms with Crippen LogP contribution >= 0.6 is 0 Å². The number of methoxy groups -OCH3 is 1. The van der Waals surface area contributed by atoms with E-state index in [1.807, 2.05) is 30.3 Å². The maximum atomic E-state index is 12.1. The zero-order chi connectivity index (χ0) is 21.3. The van der Waals surface area contributed by atoms with Crippen molar-refractivity contribution in [3.63, 3.8) is 0 Å². The van der Waals surface area contributed by atoms with Crippen LogP contribution in [0.4, 0.5) is 0 Å². The average Bonchev–Trinajstić information content (AvgIpc) is 2.74. The summed E-state index contributed by atoms with van der Waals surface area (Å²) in [7, 11) is 1.32. The molecule has 0 heterocycles. The Morgan fingerprint density at radius 3 is 2.24 bits per heavy atom. The van der Waals surface area contributed by atoms with Gasteiger partial charge >= 0.3 is 5.97 Å². The summed E-state index contributed by atoms with van der Waals surface area (Å²) in [6, 6.07) is 9.05. The second-order valence-corrected chi connectivity index (χ2v) is 7.32. The lowest BCUT2D eigenvalue weighted by Crippen LogP contribution is -2.46. The number of hydrogen-bond donors (Lipinski definition) is 2. The molecule has 0 saturated heterocycles. The maximum absolute atomic E-state index is 12.1. The summed E-state index contributed by atoms with van der Waals surface area (Å²) in [5, 5.41) is 5.29. The second-order valence-electron chi connectivity index (χ2n) is 7.32. The fourth-order valence-corrected chi connectivity index (χ4v) is 3.11. The number of ether oxygens (including phenoxy) is 1. The molecule has 1 aromatic rings. The van der Waals surface area contributed by atoms with E-state index < -0.39 is 12.0 Å². The number of hydrogen-bond acceptors (Lipinski definition) is 4. The zero-order valence-electron chi connectivity index (χ0n) is 17.9. The van der Waals surface area contributed by atoms with Gasteiger partial charge in [-0.3, -0.25) is 9.59 Å². The third-order valence-electron chi connectivity index (χ3n) is 4.85. The molecule has 1 aromatic carbocycles. The Morgan fingerprint density at radius 1 is 0.931 bits per heavy atom. The number of nitrogens with one attached hydrogen (secondary N) is 2. The van der Waals surface area contributed by atoms with E-state index in [0.29, 0.717) is 19.3 Å². The molecule has 29 heavy (non-hydrogen) atoms. The third-order valence-corrected chi connectivity index (χ3v) is 4.85. The van der Waals surface area contributed by atoms with E-state index in [1.165, 1.54) is 32.8 Å². The van der Waals surface area contributed by atoms with Crippen molar-refractivity contribution in [1.29, 1.82) is 0 Å². The Kier molecular flexibility index (Phi) is 13.2. The third kappa shape index (κ3) is 11.9. The van der Waals surface area contributed by atoms with E-state index in [4.69, 9.17) is 4.74 Å². The highest BCUT2D eigenvalue weighted by Crippen LogP contribution is 2.10. The maximum Gasteiger partial charge on any atom is 0.328 e. The van der Waals surface area contributed by atoms with Crippen LogP contribution in [0.15, 0.2) is 30.3 Å². The molecule has 1 unspecified atom stereocenters. The Hall–Kier alpha value is -2.37. The summed E-state index contributed by atoms with van der Waals surface area (Å²) in [4.78, 5) is 36.0. The van der Waals surface area contributed by atoms with Crippen LogP contribution in [0.25, 0.3) is 0 Å². The number of rotatable bonds is 15. The van der Waals surface area contributed by atoms with Gasteiger partial charge in [0.1, 0.15) is 6.04 Å². The molecule has 1 atom stereocenters. The molecule has 6 nitrogen and oxygen atoms in total. The molecule has 1 rings (SSSR count). The van der Waals surface area contributed by atoms with Gasteiger partial charge in [-0.25, -0.2) is 4.79 Å². The standard InChI is InChI=1S/C23H36N2O4/c1-3-4-5-6-7-8-12-15-20(23(28)29-2)25-22(27)18-24-21(26)17-16-19-13-10-9-11-14-19/h9-11,13-14,20H,3-8,12,15-18H2,1-2H3,(H,24,26)(H,25,27). The topological polar surface area (TPSA) is 84.5 Å². The first-order chi connectivity index (χ1) is 14.1. The van der Waals surface area contributed by atoms with Gasteiger partial charge in [-0.2, -0.15) is 0 Å². The molecular weight excluding hydrogens is 368 g/mol. The number of carbonyl (C=O) groups excluding carboxylic acids is 3. The van der Waals surface area contributed by atoms with Crippen LogP contribution in [0.1, 0.15) is 70.3 Å². The van der Waals surface area contributed by atoms with E-state index in [1.54, 1.807) is 0 Å². The molecule has 0 aliphatic carbocycles. The Labute approximate surface area is 174 Å². The molecule has 2 N–H and O–H groups in total. The van der Waals surface area contributed by atoms with Crippen LogP contribution in [0, 0.1) is 0 Å². The van der Waals surface area contributed by atoms with Crippen molar-refractivity contribution < 1.29 is 19.1 Å². The van der Waals surface area contributed by atoms with Crippen LogP contribution < -0.4 is 10.6 Å². The van der Waals surface area contributed by atoms with E-state index in [-0.39, 0.29) is 18.4 Å². The summed E-state index contributed by atoms with van der Waals surface area (Å²) >= 11 is 0. The fraction of sp³-hybridized carbons (Fsp3) is 0.609. The number of benzene rings is 1. The largest absolute Gasteiger partial charge is 0.467 e. The van der Waals surface area contributed by atoms with Crippen molar-refractivity contribution in [1.82, 2.24) is 10.6 Å². The molecule has 0 fully saturated rings. The minimum Gasteiger partial charge on any atom is -0.467 e. The van der Waals surface area contributed by atoms with Gasteiger partial charge in [0.15, 0.2) is 0 Å². The predicted molar refractivity (Wildman–Crippen MR) is 114 cm³/mol. The molecule has 6 heteroatoms. The molecule has 0 aromatic heterocycles. The van der Waals surface area contributed by atoms with Gasteiger partial charge < -0.3 is 15.4 Å². The minimum atomic E-state index is -0.663. The van der Waals surface area contributed by atoms with Crippen molar-refractivity contribution in [3.8, 4) is 0 Å². The quantitative estimate of drug-likeness (QED) is 0.346. The number of unbranched alkanes of at least 4 members (excludes halogenated alkanes) is 6. The van der Waals surface area contributed by atoms with Gasteiger partial charge in [0, 0.05) is 6.42 Å². The predicted octanol–water partition coefficient (Wildman–Crippen LogP) is 3.53. The Morgan fingerprint density at radius 2 is 1.59 bits per heavy atom. The molecule has 0 spiro atoms. The lowest BCUT2D eigenvalue weighted by atomic mass is 10.0. The molecule has 2 amide bonds. The Bertz CT molecular complexity index is 604. The average molecular weight is 405 g/mol. The fourth-order valence-electron chi connectivity index (χ4n) is 3.11. The molecule has 0 aliphatic heterocycles. The molecule has 0 aliphatic rings. The van der Waals surface area contributed by atoms with Crippen LogP contribution in [0.5, 0.6) is 0 Å². The van der Waals surface area contributed by atoms with Crippen molar-refractivity contribution >= 4 is 17.8 Å². The first-order valence-corrected chi connectivity index (χ1v) is 10.7. The molecule has 162 valence electrons. The molecule has 0 radical (unpaired) electrons. The van der Waals surface area contributed by atoms with E-state index in [9.17, 15) is 14.4 Å². The molecule has 0 saturated carbocycles. The Balaban J connectivity index is 2.26. The summed E-state index contributed by atoms with van der Waals surface area (Å²) in [5.41, 5.74) is 1.08. The number of carbonyl (C=O) groups is 3. The lowest BCUT2D eigenvalue weighted by Gasteiger charge is -2.16. The van der Waals surface area contributed by atoms with Crippen LogP contribution in [0.2, 0.25) is 0 Å². The minimum absolute atomic E-state index is 0.141. The van der Waals surface area contributed by atoms with Gasteiger partial charge in [0.05, 0.1) is 13.7 Å². The first-order valence-electron chi connectivity index (χ1n) is 10.7. The summed E-state index contributed by atoms with van der Waals surface area (Å²) < 4.78 is 4.80. The molecular formula is C23H36N2O4. The highest BCUT2D eigenvalue weighted by Gasteiger charge is 2.21. The van der Waals surface area contributed by atoms with E-state index >= 15 is 0 Å². The van der Waals surface area contributed by atoms with Crippen molar-refractivity contribution in [2.75, 3.05) is 13.7 Å². The van der Waals surface area contributed by atoms with Crippen LogP contribution in [-0.2, 0) is 25.5 Å². The lowest BCUT2D eigenvalue weighted by molar-refractivity contribution is -0.145. The number of aryl methyl sites for hydroxylation is 1. The van der Waals surface area contributed by atoms with Crippen LogP contribution in [-0.4, -0.2) is 37.5 Å². The smallest absolute Gasteiger partial charge is 0.328 e. The van der Waals surface area contributed by atoms with Crippen molar-refractivity contribution in [2.24, 2.45) is 0 Å². The second kappa shape index (κ2) is 15.5. The summed E-state index contributed by atoms with van der Waals surface area (Å²) in [6.07, 6.45) is 9.45. The SMILES string of the molecule is CCCCCCCCCC(NC(=O)CNC(=O)CCc1ccccc1)C(=O)OC. The molecule has 0 bridgehead atoms. The number of esters is 1. The highest BCUT2D eigenvalue weighted by molar-refractivity contribution is 5.88. The van der Waals surface area contributed by atoms with Crippen molar-refractivity contribution in [2.45, 2.75) is 77.2 Å². The van der Waals surface area contributed by atoms with E-state index in [0.717, 1.165) is 24.8 Å². The van der Waals surface area contributed by atoms with Gasteiger partial charge in [-0.1, -0.05) is 82.2 Å². The first kappa shape index (κ1) is 24.7. The van der Waals surface area contributed by atoms with Gasteiger partial charge in [0.2, 0.25) is 11.8 Å². The summed E-state index contributed by atoms with van der Waals surface area (Å²) in [6.45, 7) is 2.05. The monoisotopic (exact) mass is 404 g/mol. The van der Waals surface area contributed by atoms with Crippen molar-refractivity contribution in [3.05, 3.63) is 35.9 Å². The van der Waals surface area contributed by atoms with E-state index in [2.05, 4.69) is 17.6 Å². The van der Waals surface area contributed by atoms with Gasteiger partial charge in [0.25, 0.3) is 0 Å². The highest BCUT2D eigenvalue weighted by atomic mass is 16.5. The van der Waals surface area contributed by atoms with Crippen LogP contribution in [0.3, 0.4) is 0 Å². The summed E-state index contributed by atoms with van der Waals surface area (Å²) in [5.74, 6) is -1.01.